The summed E-state index contributed by atoms with van der Waals surface area (Å²) in [6.45, 7) is 3.76. The van der Waals surface area contributed by atoms with Gasteiger partial charge in [0.1, 0.15) is 36.3 Å². The first-order valence-electron chi connectivity index (χ1n) is 24.0. The van der Waals surface area contributed by atoms with Crippen molar-refractivity contribution in [1.29, 1.82) is 0 Å². The highest BCUT2D eigenvalue weighted by Gasteiger charge is 2.40. The Bertz CT molecular complexity index is 2660. The molecule has 382 valence electrons. The van der Waals surface area contributed by atoms with Crippen molar-refractivity contribution < 1.29 is 38.7 Å². The number of benzene rings is 3. The fraction of sp³-hybridized carbons (Fsp3) is 0.392. The maximum atomic E-state index is 14.6. The summed E-state index contributed by atoms with van der Waals surface area (Å²) in [5.41, 5.74) is 20.5. The van der Waals surface area contributed by atoms with Crippen LogP contribution in [0.25, 0.3) is 10.9 Å². The molecular formula is C51H65N13O8. The van der Waals surface area contributed by atoms with Crippen LogP contribution in [0.2, 0.25) is 0 Å². The first-order valence-corrected chi connectivity index (χ1v) is 24.0. The summed E-state index contributed by atoms with van der Waals surface area (Å²) < 4.78 is 0. The fourth-order valence-electron chi connectivity index (χ4n) is 8.68. The fourth-order valence-corrected chi connectivity index (χ4v) is 8.68. The zero-order valence-electron chi connectivity index (χ0n) is 40.4. The Kier molecular flexibility index (Phi) is 19.0. The molecule has 0 radical (unpaired) electrons. The number of H-pyrrole nitrogens is 2. The zero-order valence-corrected chi connectivity index (χ0v) is 40.4. The largest absolute Gasteiger partial charge is 0.480 e. The minimum Gasteiger partial charge on any atom is -0.480 e. The minimum absolute atomic E-state index is 0.0312. The predicted octanol–water partition coefficient (Wildman–Crippen LogP) is 0.698. The molecular weight excluding hydrogens is 923 g/mol. The lowest BCUT2D eigenvalue weighted by Gasteiger charge is -2.31. The standard InChI is InChI=1S/C51H65N13O8/c1-30(2)43(50(71)72)63-47(68)39(25-33-27-57-37-19-10-9-17-35(33)37)60-45(66)38(23-31-13-5-3-6-14-31)59-46(67)40(26-34-28-55-29-58-34)61-48(69)42-20-12-22-64(42)49(70)41(24-32-15-7-4-8-16-32)62-44(65)36(52)18-11-21-56-51(53)54/h3-10,13-17,19,27-30,36,38-43,57H,11-12,18,20-26,52H2,1-2H3,(H,55,58)(H,59,67)(H,60,66)(H,61,69)(H,62,65)(H,63,68)(H,71,72)(H4,53,54,56)/t36-,38-,39-,40-,41-,42-,43-/m0/s1. The van der Waals surface area contributed by atoms with Gasteiger partial charge in [0, 0.05) is 67.8 Å². The molecule has 14 N–H and O–H groups in total. The third-order valence-corrected chi connectivity index (χ3v) is 12.5. The lowest BCUT2D eigenvalue weighted by atomic mass is 10.00. The van der Waals surface area contributed by atoms with Crippen LogP contribution in [0.1, 0.15) is 61.9 Å². The van der Waals surface area contributed by atoms with Gasteiger partial charge in [-0.2, -0.15) is 0 Å². The van der Waals surface area contributed by atoms with Gasteiger partial charge in [-0.15, -0.1) is 0 Å². The van der Waals surface area contributed by atoms with Crippen molar-refractivity contribution in [2.75, 3.05) is 13.1 Å². The molecule has 7 atom stereocenters. The van der Waals surface area contributed by atoms with Crippen LogP contribution in [0, 0.1) is 5.92 Å². The number of aromatic nitrogens is 3. The number of rotatable bonds is 25. The number of para-hydroxylation sites is 1. The molecule has 3 heterocycles. The minimum atomic E-state index is -1.32. The normalized spacial score (nSPS) is 15.8. The topological polar surface area (TPSA) is 338 Å². The van der Waals surface area contributed by atoms with Crippen molar-refractivity contribution >= 4 is 58.3 Å². The van der Waals surface area contributed by atoms with Gasteiger partial charge in [0.2, 0.25) is 35.4 Å². The Morgan fingerprint density at radius 3 is 1.93 bits per heavy atom. The van der Waals surface area contributed by atoms with E-state index >= 15 is 0 Å². The summed E-state index contributed by atoms with van der Waals surface area (Å²) in [4.78, 5) is 113. The SMILES string of the molecule is CC(C)[C@H](NC(=O)[C@H](Cc1c[nH]c2ccccc12)NC(=O)[C@H](Cc1ccccc1)NC(=O)[C@H](Cc1cnc[nH]1)NC(=O)[C@@H]1CCCN1C(=O)[C@H](Cc1ccccc1)NC(=O)[C@@H](N)CCCN=C(N)N)C(=O)O. The Balaban J connectivity index is 1.23. The number of nitrogens with zero attached hydrogens (tertiary/aromatic N) is 3. The van der Waals surface area contributed by atoms with E-state index in [1.165, 1.54) is 17.4 Å². The van der Waals surface area contributed by atoms with E-state index in [9.17, 15) is 38.7 Å². The number of carboxylic acid groups (broad SMARTS) is 1. The van der Waals surface area contributed by atoms with Gasteiger partial charge in [0.15, 0.2) is 5.96 Å². The molecule has 1 aliphatic rings. The summed E-state index contributed by atoms with van der Waals surface area (Å²) in [6.07, 6.45) is 5.93. The van der Waals surface area contributed by atoms with Crippen LogP contribution >= 0.6 is 0 Å². The molecule has 3 aromatic carbocycles. The summed E-state index contributed by atoms with van der Waals surface area (Å²) in [6, 6.07) is 17.1. The molecule has 2 aromatic heterocycles. The van der Waals surface area contributed by atoms with E-state index in [4.69, 9.17) is 17.2 Å². The first kappa shape index (κ1) is 53.3. The van der Waals surface area contributed by atoms with Crippen LogP contribution < -0.4 is 43.8 Å². The van der Waals surface area contributed by atoms with Gasteiger partial charge < -0.3 is 63.8 Å². The number of carbonyl (C=O) groups excluding carboxylic acids is 6. The highest BCUT2D eigenvalue weighted by molar-refractivity contribution is 5.98. The number of hydrogen-bond acceptors (Lipinski definition) is 10. The second kappa shape index (κ2) is 25.7. The third kappa shape index (κ3) is 15.0. The lowest BCUT2D eigenvalue weighted by Crippen LogP contribution is -2.60. The van der Waals surface area contributed by atoms with Gasteiger partial charge in [-0.25, -0.2) is 9.78 Å². The van der Waals surface area contributed by atoms with Crippen molar-refractivity contribution in [3.8, 4) is 0 Å². The molecule has 72 heavy (non-hydrogen) atoms. The highest BCUT2D eigenvalue weighted by Crippen LogP contribution is 2.22. The van der Waals surface area contributed by atoms with Crippen LogP contribution in [0.15, 0.2) is 109 Å². The summed E-state index contributed by atoms with van der Waals surface area (Å²) >= 11 is 0. The van der Waals surface area contributed by atoms with E-state index in [1.54, 1.807) is 50.4 Å². The summed E-state index contributed by atoms with van der Waals surface area (Å²) in [5.74, 6) is -5.78. The number of fused-ring (bicyclic) bond motifs is 1. The number of aromatic amines is 2. The van der Waals surface area contributed by atoms with Crippen LogP contribution in [0.3, 0.4) is 0 Å². The third-order valence-electron chi connectivity index (χ3n) is 12.5. The molecule has 0 saturated carbocycles. The van der Waals surface area contributed by atoms with Gasteiger partial charge in [-0.05, 0) is 54.4 Å². The molecule has 21 nitrogen and oxygen atoms in total. The summed E-state index contributed by atoms with van der Waals surface area (Å²) in [7, 11) is 0. The van der Waals surface area contributed by atoms with E-state index in [0.717, 1.165) is 16.5 Å². The van der Waals surface area contributed by atoms with Gasteiger partial charge in [0.25, 0.3) is 0 Å². The van der Waals surface area contributed by atoms with Crippen molar-refractivity contribution in [3.05, 3.63) is 126 Å². The number of aliphatic imine (C=N–C) groups is 1. The zero-order chi connectivity index (χ0) is 51.7. The molecule has 6 amide bonds. The van der Waals surface area contributed by atoms with Crippen LogP contribution in [0.5, 0.6) is 0 Å². The summed E-state index contributed by atoms with van der Waals surface area (Å²) in [5, 5.41) is 24.6. The van der Waals surface area contributed by atoms with Crippen LogP contribution in [-0.4, -0.2) is 128 Å². The molecule has 0 aliphatic carbocycles. The molecule has 1 fully saturated rings. The Hall–Kier alpha value is -8.07. The molecule has 1 aliphatic heterocycles. The van der Waals surface area contributed by atoms with E-state index in [-0.39, 0.29) is 57.6 Å². The maximum Gasteiger partial charge on any atom is 0.326 e. The maximum absolute atomic E-state index is 14.6. The van der Waals surface area contributed by atoms with Crippen molar-refractivity contribution in [1.82, 2.24) is 46.4 Å². The second-order valence-electron chi connectivity index (χ2n) is 18.3. The monoisotopic (exact) mass is 988 g/mol. The number of carbonyl (C=O) groups is 7. The number of likely N-dealkylation sites (tertiary alicyclic amines) is 1. The number of nitrogens with one attached hydrogen (secondary N) is 7. The van der Waals surface area contributed by atoms with Crippen molar-refractivity contribution in [2.45, 2.75) is 108 Å². The molecule has 0 unspecified atom stereocenters. The van der Waals surface area contributed by atoms with E-state index in [2.05, 4.69) is 46.5 Å². The van der Waals surface area contributed by atoms with Crippen molar-refractivity contribution in [2.24, 2.45) is 28.1 Å². The molecule has 21 heteroatoms. The number of aliphatic carboxylic acids is 1. The second-order valence-corrected chi connectivity index (χ2v) is 18.3. The quantitative estimate of drug-likeness (QED) is 0.0219. The van der Waals surface area contributed by atoms with E-state index < -0.39 is 89.6 Å². The molecule has 5 aromatic rings. The van der Waals surface area contributed by atoms with Gasteiger partial charge in [-0.1, -0.05) is 92.7 Å². The number of carboxylic acids is 1. The van der Waals surface area contributed by atoms with Gasteiger partial charge in [-0.3, -0.25) is 33.8 Å². The number of amides is 6. The Labute approximate surface area is 416 Å². The molecule has 0 spiro atoms. The number of imidazole rings is 1. The number of guanidine groups is 1. The Morgan fingerprint density at radius 2 is 1.32 bits per heavy atom. The van der Waals surface area contributed by atoms with Gasteiger partial charge >= 0.3 is 5.97 Å². The molecule has 0 bridgehead atoms. The first-order chi connectivity index (χ1) is 34.6. The number of hydrogen-bond donors (Lipinski definition) is 11. The molecule has 1 saturated heterocycles. The number of nitrogens with two attached hydrogens (primary N) is 3. The smallest absolute Gasteiger partial charge is 0.326 e. The molecule has 6 rings (SSSR count). The van der Waals surface area contributed by atoms with Crippen LogP contribution in [0.4, 0.5) is 0 Å². The highest BCUT2D eigenvalue weighted by atomic mass is 16.4. The lowest BCUT2D eigenvalue weighted by molar-refractivity contribution is -0.143. The van der Waals surface area contributed by atoms with Crippen molar-refractivity contribution in [3.63, 3.8) is 0 Å². The van der Waals surface area contributed by atoms with E-state index in [1.807, 2.05) is 54.6 Å². The van der Waals surface area contributed by atoms with Crippen LogP contribution in [-0.2, 0) is 59.2 Å². The van der Waals surface area contributed by atoms with E-state index in [0.29, 0.717) is 29.7 Å². The van der Waals surface area contributed by atoms with Gasteiger partial charge in [0.05, 0.1) is 12.4 Å². The predicted molar refractivity (Wildman–Crippen MR) is 269 cm³/mol. The average Bonchev–Trinajstić information content (AvgIpc) is 4.16. The Morgan fingerprint density at radius 1 is 0.736 bits per heavy atom. The average molecular weight is 988 g/mol.